The molecule has 0 radical (unpaired) electrons. The zero-order valence-electron chi connectivity index (χ0n) is 14.9. The molecule has 25 heavy (non-hydrogen) atoms. The molecular formula is C25H24. The second kappa shape index (κ2) is 8.30. The second-order valence-electron chi connectivity index (χ2n) is 6.27. The molecule has 4 rings (SSSR count). The van der Waals surface area contributed by atoms with Crippen molar-refractivity contribution in [1.29, 1.82) is 0 Å². The monoisotopic (exact) mass is 324 g/mol. The summed E-state index contributed by atoms with van der Waals surface area (Å²) in [6, 6.07) is 34.2. The van der Waals surface area contributed by atoms with Gasteiger partial charge in [0.25, 0.3) is 0 Å². The van der Waals surface area contributed by atoms with Crippen LogP contribution in [0.4, 0.5) is 0 Å². The van der Waals surface area contributed by atoms with Crippen molar-refractivity contribution in [3.63, 3.8) is 0 Å². The minimum atomic E-state index is 1.11. The van der Waals surface area contributed by atoms with Crippen LogP contribution in [0.25, 0.3) is 21.9 Å². The number of hydrogen-bond acceptors (Lipinski definition) is 0. The summed E-state index contributed by atoms with van der Waals surface area (Å²) in [6.45, 7) is 4.30. The van der Waals surface area contributed by atoms with Gasteiger partial charge in [0.1, 0.15) is 0 Å². The topological polar surface area (TPSA) is 0 Å². The summed E-state index contributed by atoms with van der Waals surface area (Å²) >= 11 is 0. The van der Waals surface area contributed by atoms with Crippen LogP contribution in [0.1, 0.15) is 18.1 Å². The molecule has 4 aromatic carbocycles. The van der Waals surface area contributed by atoms with E-state index in [0.717, 1.165) is 6.42 Å². The molecule has 0 N–H and O–H groups in total. The van der Waals surface area contributed by atoms with Gasteiger partial charge in [0.15, 0.2) is 0 Å². The van der Waals surface area contributed by atoms with Crippen LogP contribution in [0.5, 0.6) is 0 Å². The Hall–Kier alpha value is -2.86. The smallest absolute Gasteiger partial charge is 0.0181 e. The molecule has 0 saturated heterocycles. The Balaban J connectivity index is 0.000000150. The summed E-state index contributed by atoms with van der Waals surface area (Å²) in [5.41, 5.74) is 5.30. The highest BCUT2D eigenvalue weighted by Gasteiger charge is 1.95. The fraction of sp³-hybridized carbons (Fsp3) is 0.120. The molecular weight excluding hydrogens is 300 g/mol. The van der Waals surface area contributed by atoms with E-state index in [9.17, 15) is 0 Å². The maximum Gasteiger partial charge on any atom is -0.0181 e. The summed E-state index contributed by atoms with van der Waals surface area (Å²) < 4.78 is 0. The lowest BCUT2D eigenvalue weighted by molar-refractivity contribution is 1.14. The van der Waals surface area contributed by atoms with Gasteiger partial charge in [-0.2, -0.15) is 0 Å². The van der Waals surface area contributed by atoms with Gasteiger partial charge in [0.05, 0.1) is 0 Å². The highest BCUT2D eigenvalue weighted by Crippen LogP contribution is 2.19. The number of rotatable bonds is 2. The predicted octanol–water partition coefficient (Wildman–Crippen LogP) is 7.06. The summed E-state index contributed by atoms with van der Waals surface area (Å²) in [5, 5.41) is 2.64. The molecule has 0 saturated carbocycles. The van der Waals surface area contributed by atoms with E-state index in [0.29, 0.717) is 0 Å². The molecule has 0 unspecified atom stereocenters. The van der Waals surface area contributed by atoms with E-state index in [1.165, 1.54) is 33.0 Å². The molecule has 0 aliphatic heterocycles. The van der Waals surface area contributed by atoms with Gasteiger partial charge in [0, 0.05) is 0 Å². The van der Waals surface area contributed by atoms with E-state index in [1.54, 1.807) is 0 Å². The summed E-state index contributed by atoms with van der Waals surface area (Å²) in [5.74, 6) is 0. The van der Waals surface area contributed by atoms with E-state index in [1.807, 2.05) is 6.07 Å². The van der Waals surface area contributed by atoms with Gasteiger partial charge in [-0.3, -0.25) is 0 Å². The maximum absolute atomic E-state index is 2.20. The number of benzene rings is 4. The van der Waals surface area contributed by atoms with Crippen molar-refractivity contribution in [2.75, 3.05) is 0 Å². The summed E-state index contributed by atoms with van der Waals surface area (Å²) in [6.07, 6.45) is 1.11. The molecule has 0 spiro atoms. The first-order chi connectivity index (χ1) is 12.3. The predicted molar refractivity (Wildman–Crippen MR) is 110 cm³/mol. The Kier molecular flexibility index (Phi) is 5.64. The lowest BCUT2D eigenvalue weighted by atomic mass is 10.0. The van der Waals surface area contributed by atoms with Gasteiger partial charge in [-0.1, -0.05) is 110 Å². The molecule has 0 aliphatic rings. The van der Waals surface area contributed by atoms with Crippen LogP contribution in [0.3, 0.4) is 0 Å². The molecule has 0 nitrogen and oxygen atoms in total. The van der Waals surface area contributed by atoms with Crippen molar-refractivity contribution in [1.82, 2.24) is 0 Å². The van der Waals surface area contributed by atoms with E-state index in [2.05, 4.69) is 105 Å². The third kappa shape index (κ3) is 4.58. The molecule has 0 heteroatoms. The van der Waals surface area contributed by atoms with Crippen LogP contribution in [-0.2, 0) is 6.42 Å². The van der Waals surface area contributed by atoms with Gasteiger partial charge in [0.2, 0.25) is 0 Å². The molecule has 0 atom stereocenters. The molecule has 124 valence electrons. The molecule has 4 aromatic rings. The van der Waals surface area contributed by atoms with E-state index < -0.39 is 0 Å². The van der Waals surface area contributed by atoms with Gasteiger partial charge in [-0.15, -0.1) is 0 Å². The van der Waals surface area contributed by atoms with E-state index in [-0.39, 0.29) is 0 Å². The molecule has 0 fully saturated rings. The molecule has 0 aliphatic carbocycles. The number of hydrogen-bond donors (Lipinski definition) is 0. The Morgan fingerprint density at radius 1 is 0.560 bits per heavy atom. The number of aryl methyl sites for hydroxylation is 2. The van der Waals surface area contributed by atoms with Crippen LogP contribution >= 0.6 is 0 Å². The van der Waals surface area contributed by atoms with Crippen LogP contribution in [0.15, 0.2) is 97.1 Å². The lowest BCUT2D eigenvalue weighted by Gasteiger charge is -2.02. The fourth-order valence-corrected chi connectivity index (χ4v) is 2.87. The van der Waals surface area contributed by atoms with Gasteiger partial charge in [-0.05, 0) is 40.8 Å². The van der Waals surface area contributed by atoms with Gasteiger partial charge < -0.3 is 0 Å². The Bertz CT molecular complexity index is 919. The first kappa shape index (κ1) is 17.0. The summed E-state index contributed by atoms with van der Waals surface area (Å²) in [4.78, 5) is 0. The minimum absolute atomic E-state index is 1.11. The van der Waals surface area contributed by atoms with Crippen molar-refractivity contribution >= 4 is 10.8 Å². The quantitative estimate of drug-likeness (QED) is 0.370. The fourth-order valence-electron chi connectivity index (χ4n) is 2.87. The zero-order valence-corrected chi connectivity index (χ0v) is 14.9. The SMILES string of the molecule is CCc1ccc(-c2ccccc2)cc1.Cc1ccc2ccccc2c1. The Morgan fingerprint density at radius 2 is 1.16 bits per heavy atom. The van der Waals surface area contributed by atoms with Gasteiger partial charge >= 0.3 is 0 Å². The van der Waals surface area contributed by atoms with Crippen molar-refractivity contribution in [2.45, 2.75) is 20.3 Å². The van der Waals surface area contributed by atoms with E-state index >= 15 is 0 Å². The molecule has 0 bridgehead atoms. The average molecular weight is 324 g/mol. The lowest BCUT2D eigenvalue weighted by Crippen LogP contribution is -1.80. The van der Waals surface area contributed by atoms with Crippen LogP contribution < -0.4 is 0 Å². The van der Waals surface area contributed by atoms with Crippen LogP contribution in [0.2, 0.25) is 0 Å². The highest BCUT2D eigenvalue weighted by molar-refractivity contribution is 5.82. The Labute approximate surface area is 150 Å². The van der Waals surface area contributed by atoms with Gasteiger partial charge in [-0.25, -0.2) is 0 Å². The standard InChI is InChI=1S/C14H14.C11H10/c1-2-12-8-10-14(11-9-12)13-6-4-3-5-7-13;1-9-6-7-10-4-2-3-5-11(10)8-9/h3-11H,2H2,1H3;2-8H,1H3. The van der Waals surface area contributed by atoms with Crippen LogP contribution in [0, 0.1) is 6.92 Å². The van der Waals surface area contributed by atoms with E-state index in [4.69, 9.17) is 0 Å². The highest BCUT2D eigenvalue weighted by atomic mass is 14.0. The third-order valence-electron chi connectivity index (χ3n) is 4.37. The number of fused-ring (bicyclic) bond motifs is 1. The summed E-state index contributed by atoms with van der Waals surface area (Å²) in [7, 11) is 0. The Morgan fingerprint density at radius 3 is 1.84 bits per heavy atom. The largest absolute Gasteiger partial charge is 0.0622 e. The first-order valence-electron chi connectivity index (χ1n) is 8.86. The minimum Gasteiger partial charge on any atom is -0.0622 e. The van der Waals surface area contributed by atoms with Crippen LogP contribution in [-0.4, -0.2) is 0 Å². The molecule has 0 amide bonds. The second-order valence-corrected chi connectivity index (χ2v) is 6.27. The van der Waals surface area contributed by atoms with Crippen molar-refractivity contribution in [2.24, 2.45) is 0 Å². The third-order valence-corrected chi connectivity index (χ3v) is 4.37. The van der Waals surface area contributed by atoms with Crippen molar-refractivity contribution < 1.29 is 0 Å². The van der Waals surface area contributed by atoms with Crippen molar-refractivity contribution in [3.05, 3.63) is 108 Å². The first-order valence-corrected chi connectivity index (χ1v) is 8.86. The average Bonchev–Trinajstić information content (AvgIpc) is 2.69. The zero-order chi connectivity index (χ0) is 17.5. The maximum atomic E-state index is 2.20. The normalized spacial score (nSPS) is 10.2. The van der Waals surface area contributed by atoms with Crippen molar-refractivity contribution in [3.8, 4) is 11.1 Å². The molecule has 0 aromatic heterocycles. The molecule has 0 heterocycles.